The third-order valence-electron chi connectivity index (χ3n) is 4.00. The predicted molar refractivity (Wildman–Crippen MR) is 125 cm³/mol. The smallest absolute Gasteiger partial charge is 0.358 e. The summed E-state index contributed by atoms with van der Waals surface area (Å²) in [6, 6.07) is 4.20. The minimum absolute atomic E-state index is 0.0278. The van der Waals surface area contributed by atoms with Gasteiger partial charge in [-0.2, -0.15) is 15.3 Å². The first kappa shape index (κ1) is 35.6. The van der Waals surface area contributed by atoms with Gasteiger partial charge in [-0.25, -0.2) is 40.7 Å². The van der Waals surface area contributed by atoms with Gasteiger partial charge in [-0.1, -0.05) is 6.92 Å². The summed E-state index contributed by atoms with van der Waals surface area (Å²) in [6.45, 7) is 0.332. The number of aromatic amines is 1. The molecule has 0 aromatic carbocycles. The molecule has 0 aliphatic heterocycles. The number of H-pyrrole nitrogens is 1. The lowest BCUT2D eigenvalue weighted by Gasteiger charge is -2.04. The second-order valence-electron chi connectivity index (χ2n) is 6.85. The van der Waals surface area contributed by atoms with Crippen LogP contribution in [0.5, 0.6) is 0 Å². The zero-order chi connectivity index (χ0) is 30.7. The van der Waals surface area contributed by atoms with E-state index in [9.17, 15) is 40.7 Å². The molecule has 0 saturated carbocycles. The van der Waals surface area contributed by atoms with Gasteiger partial charge in [0.2, 0.25) is 6.43 Å². The van der Waals surface area contributed by atoms with Crippen LogP contribution >= 0.6 is 0 Å². The van der Waals surface area contributed by atoms with Gasteiger partial charge in [0.25, 0.3) is 12.9 Å². The largest absolute Gasteiger partial charge is 0.464 e. The number of ether oxygens (including phenoxy) is 3. The van der Waals surface area contributed by atoms with Gasteiger partial charge >= 0.3 is 17.9 Å². The quantitative estimate of drug-likeness (QED) is 0.237. The molecule has 0 radical (unpaired) electrons. The fourth-order valence-corrected chi connectivity index (χ4v) is 2.18. The van der Waals surface area contributed by atoms with Crippen LogP contribution in [0.25, 0.3) is 0 Å². The SMILES string of the molecule is CCC(F)F.COC(=O)c1ccn(CC(F)F)n1.COC(=O)c1ccn[nH]1.COC(=O)c1ccnn1CC(F)F. The number of rotatable bonds is 8. The minimum atomic E-state index is -2.54. The average molecular weight is 586 g/mol. The fourth-order valence-electron chi connectivity index (χ4n) is 2.18. The number of alkyl halides is 6. The van der Waals surface area contributed by atoms with Crippen molar-refractivity contribution >= 4 is 17.9 Å². The molecule has 1 N–H and O–H groups in total. The van der Waals surface area contributed by atoms with Crippen LogP contribution in [0.2, 0.25) is 0 Å². The summed E-state index contributed by atoms with van der Waals surface area (Å²) in [5.41, 5.74) is 0.434. The molecule has 0 amide bonds. The molecule has 3 aromatic heterocycles. The number of aromatic nitrogens is 6. The zero-order valence-electron chi connectivity index (χ0n) is 21.8. The van der Waals surface area contributed by atoms with Gasteiger partial charge in [0.05, 0.1) is 21.3 Å². The molecule has 3 aromatic rings. The normalized spacial score (nSPS) is 10.0. The summed E-state index contributed by atoms with van der Waals surface area (Å²) in [5, 5.41) is 13.2. The number of esters is 3. The van der Waals surface area contributed by atoms with E-state index in [0.717, 1.165) is 9.36 Å². The number of carbonyl (C=O) groups excluding carboxylic acids is 3. The van der Waals surface area contributed by atoms with E-state index in [1.54, 1.807) is 6.07 Å². The number of methoxy groups -OCH3 is 3. The zero-order valence-corrected chi connectivity index (χ0v) is 21.8. The van der Waals surface area contributed by atoms with Crippen molar-refractivity contribution in [1.29, 1.82) is 0 Å². The Morgan fingerprint density at radius 2 is 1.40 bits per heavy atom. The van der Waals surface area contributed by atoms with Crippen molar-refractivity contribution < 1.29 is 54.9 Å². The lowest BCUT2D eigenvalue weighted by atomic mass is 10.4. The molecule has 0 aliphatic rings. The van der Waals surface area contributed by atoms with E-state index in [4.69, 9.17) is 0 Å². The lowest BCUT2D eigenvalue weighted by molar-refractivity contribution is 0.0570. The van der Waals surface area contributed by atoms with Crippen LogP contribution in [-0.2, 0) is 27.3 Å². The highest BCUT2D eigenvalue weighted by molar-refractivity contribution is 5.87. The van der Waals surface area contributed by atoms with Crippen molar-refractivity contribution in [2.75, 3.05) is 21.3 Å². The van der Waals surface area contributed by atoms with Gasteiger partial charge < -0.3 is 14.2 Å². The molecule has 0 atom stereocenters. The highest BCUT2D eigenvalue weighted by atomic mass is 19.3. The van der Waals surface area contributed by atoms with Crippen LogP contribution in [0.15, 0.2) is 36.8 Å². The number of carbonyl (C=O) groups is 3. The molecule has 0 aliphatic carbocycles. The average Bonchev–Trinajstić information content (AvgIpc) is 3.70. The van der Waals surface area contributed by atoms with E-state index < -0.39 is 50.3 Å². The van der Waals surface area contributed by atoms with E-state index in [-0.39, 0.29) is 17.8 Å². The molecule has 0 fully saturated rings. The number of nitrogens with zero attached hydrogens (tertiary/aromatic N) is 5. The molecule has 0 spiro atoms. The van der Waals surface area contributed by atoms with Gasteiger partial charge in [-0.3, -0.25) is 14.5 Å². The van der Waals surface area contributed by atoms with Gasteiger partial charge in [0.15, 0.2) is 5.69 Å². The Morgan fingerprint density at radius 1 is 0.825 bits per heavy atom. The van der Waals surface area contributed by atoms with Crippen molar-refractivity contribution in [3.05, 3.63) is 53.9 Å². The van der Waals surface area contributed by atoms with E-state index in [2.05, 4.69) is 34.6 Å². The number of halogens is 6. The van der Waals surface area contributed by atoms with Gasteiger partial charge in [0.1, 0.15) is 24.5 Å². The third kappa shape index (κ3) is 14.5. The standard InChI is InChI=1S/2C7H8F2N2O2.C5H6N2O2.C3H6F2/c1-13-7(12)5-2-3-11(10-5)4-6(8)9;1-13-7(12)5-2-3-10-11(5)4-6(8)9;1-9-5(8)4-2-3-6-7-4;1-2-3(4)5/h2*2-3,6H,4H2,1H3;2-3H,1H3,(H,6,7);3H,2H2,1H3. The van der Waals surface area contributed by atoms with E-state index in [1.807, 2.05) is 0 Å². The fraction of sp³-hybridized carbons (Fsp3) is 0.455. The topological polar surface area (TPSA) is 143 Å². The minimum Gasteiger partial charge on any atom is -0.464 e. The molecule has 3 heterocycles. The molecule has 40 heavy (non-hydrogen) atoms. The summed E-state index contributed by atoms with van der Waals surface area (Å²) in [6.07, 6.45) is -3.09. The van der Waals surface area contributed by atoms with Crippen LogP contribution in [0.4, 0.5) is 26.3 Å². The van der Waals surface area contributed by atoms with Crippen LogP contribution in [0.1, 0.15) is 44.8 Å². The Kier molecular flexibility index (Phi) is 17.5. The van der Waals surface area contributed by atoms with Gasteiger partial charge in [0, 0.05) is 25.0 Å². The number of nitrogens with one attached hydrogen (secondary N) is 1. The van der Waals surface area contributed by atoms with E-state index >= 15 is 0 Å². The Labute approximate surface area is 224 Å². The highest BCUT2D eigenvalue weighted by Gasteiger charge is 2.15. The summed E-state index contributed by atoms with van der Waals surface area (Å²) in [4.78, 5) is 32.4. The maximum atomic E-state index is 11.9. The van der Waals surface area contributed by atoms with Gasteiger partial charge in [-0.15, -0.1) is 0 Å². The molecule has 18 heteroatoms. The van der Waals surface area contributed by atoms with E-state index in [1.165, 1.54) is 59.0 Å². The Hall–Kier alpha value is -4.38. The summed E-state index contributed by atoms with van der Waals surface area (Å²) in [7, 11) is 3.71. The summed E-state index contributed by atoms with van der Waals surface area (Å²) in [5.74, 6) is -1.70. The summed E-state index contributed by atoms with van der Waals surface area (Å²) >= 11 is 0. The molecular formula is C22H28F6N6O6. The first-order valence-corrected chi connectivity index (χ1v) is 11.0. The van der Waals surface area contributed by atoms with Crippen molar-refractivity contribution in [2.24, 2.45) is 0 Å². The lowest BCUT2D eigenvalue weighted by Crippen LogP contribution is -2.15. The highest BCUT2D eigenvalue weighted by Crippen LogP contribution is 2.05. The maximum absolute atomic E-state index is 11.9. The first-order chi connectivity index (χ1) is 18.9. The first-order valence-electron chi connectivity index (χ1n) is 11.0. The second kappa shape index (κ2) is 19.7. The van der Waals surface area contributed by atoms with E-state index in [0.29, 0.717) is 5.69 Å². The molecule has 12 nitrogen and oxygen atoms in total. The number of hydrogen-bond acceptors (Lipinski definition) is 9. The predicted octanol–water partition coefficient (Wildman–Crippen LogP) is 3.73. The molecule has 0 saturated heterocycles. The Bertz CT molecular complexity index is 1120. The Balaban J connectivity index is 0.000000533. The van der Waals surface area contributed by atoms with Crippen molar-refractivity contribution in [3.8, 4) is 0 Å². The molecule has 0 unspecified atom stereocenters. The third-order valence-corrected chi connectivity index (χ3v) is 4.00. The maximum Gasteiger partial charge on any atom is 0.358 e. The van der Waals surface area contributed by atoms with Crippen molar-refractivity contribution in [2.45, 2.75) is 45.7 Å². The van der Waals surface area contributed by atoms with Crippen molar-refractivity contribution in [1.82, 2.24) is 29.8 Å². The number of hydrogen-bond donors (Lipinski definition) is 1. The van der Waals surface area contributed by atoms with Crippen LogP contribution in [0.3, 0.4) is 0 Å². The molecule has 224 valence electrons. The van der Waals surface area contributed by atoms with Gasteiger partial charge in [-0.05, 0) is 18.2 Å². The molecule has 3 rings (SSSR count). The molecular weight excluding hydrogens is 558 g/mol. The second-order valence-corrected chi connectivity index (χ2v) is 6.85. The van der Waals surface area contributed by atoms with Crippen LogP contribution in [-0.4, -0.2) is 88.3 Å². The van der Waals surface area contributed by atoms with Crippen molar-refractivity contribution in [3.63, 3.8) is 0 Å². The molecule has 0 bridgehead atoms. The monoisotopic (exact) mass is 586 g/mol. The van der Waals surface area contributed by atoms with Crippen LogP contribution in [0, 0.1) is 0 Å². The van der Waals surface area contributed by atoms with Crippen LogP contribution < -0.4 is 0 Å². The Morgan fingerprint density at radius 3 is 1.85 bits per heavy atom. The summed E-state index contributed by atoms with van der Waals surface area (Å²) < 4.78 is 84.1.